The van der Waals surface area contributed by atoms with Crippen molar-refractivity contribution in [3.8, 4) is 0 Å². The lowest BCUT2D eigenvalue weighted by molar-refractivity contribution is 0.192. The molecule has 0 unspecified atom stereocenters. The van der Waals surface area contributed by atoms with Crippen LogP contribution < -0.4 is 11.1 Å². The molecule has 1 saturated carbocycles. The molecular weight excluding hydrogens is 336 g/mol. The Bertz CT molecular complexity index is 925. The molecule has 0 bridgehead atoms. The summed E-state index contributed by atoms with van der Waals surface area (Å²) in [6, 6.07) is 6.40. The van der Waals surface area contributed by atoms with Gasteiger partial charge in [-0.1, -0.05) is 11.6 Å². The van der Waals surface area contributed by atoms with Gasteiger partial charge in [-0.15, -0.1) is 0 Å². The Kier molecular flexibility index (Phi) is 4.29. The highest BCUT2D eigenvalue weighted by Crippen LogP contribution is 2.45. The predicted octanol–water partition coefficient (Wildman–Crippen LogP) is 4.13. The molecule has 3 N–H and O–H groups in total. The van der Waals surface area contributed by atoms with Crippen LogP contribution in [0.25, 0.3) is 16.7 Å². The third-order valence-electron chi connectivity index (χ3n) is 6.04. The van der Waals surface area contributed by atoms with Crippen LogP contribution in [0.15, 0.2) is 33.2 Å². The van der Waals surface area contributed by atoms with Gasteiger partial charge in [-0.3, -0.25) is 0 Å². The van der Waals surface area contributed by atoms with Gasteiger partial charge in [-0.05, 0) is 69.3 Å². The van der Waals surface area contributed by atoms with Gasteiger partial charge in [0.05, 0.1) is 5.69 Å². The number of nitrogens with two attached hydrogens (primary N) is 1. The highest BCUT2D eigenvalue weighted by Gasteiger charge is 2.30. The van der Waals surface area contributed by atoms with Crippen molar-refractivity contribution >= 4 is 28.2 Å². The molecule has 0 atom stereocenters. The molecule has 1 saturated heterocycles. The maximum atomic E-state index is 6.19. The van der Waals surface area contributed by atoms with E-state index in [-0.39, 0.29) is 0 Å². The minimum absolute atomic E-state index is 0.692. The van der Waals surface area contributed by atoms with E-state index < -0.39 is 0 Å². The number of benzene rings is 1. The van der Waals surface area contributed by atoms with Crippen LogP contribution in [0.3, 0.4) is 0 Å². The van der Waals surface area contributed by atoms with Crippen LogP contribution in [0.5, 0.6) is 0 Å². The molecule has 5 rings (SSSR count). The van der Waals surface area contributed by atoms with Gasteiger partial charge >= 0.3 is 0 Å². The van der Waals surface area contributed by atoms with Crippen molar-refractivity contribution in [1.82, 2.24) is 4.90 Å². The van der Waals surface area contributed by atoms with Crippen LogP contribution in [0, 0.1) is 12.8 Å². The van der Waals surface area contributed by atoms with Crippen molar-refractivity contribution in [2.75, 3.05) is 31.5 Å². The van der Waals surface area contributed by atoms with E-state index in [2.05, 4.69) is 35.3 Å². The highest BCUT2D eigenvalue weighted by molar-refractivity contribution is 6.11. The van der Waals surface area contributed by atoms with Crippen molar-refractivity contribution in [1.29, 1.82) is 0 Å². The van der Waals surface area contributed by atoms with Crippen LogP contribution in [-0.4, -0.2) is 36.9 Å². The number of aliphatic imine (C=N–C) groups is 1. The number of hydrogen-bond acceptors (Lipinski definition) is 5. The average Bonchev–Trinajstić information content (AvgIpc) is 3.45. The molecule has 142 valence electrons. The first-order chi connectivity index (χ1) is 13.2. The normalized spacial score (nSPS) is 20.6. The van der Waals surface area contributed by atoms with Gasteiger partial charge in [0.15, 0.2) is 5.76 Å². The van der Waals surface area contributed by atoms with Gasteiger partial charge in [0.1, 0.15) is 17.1 Å². The Morgan fingerprint density at radius 1 is 1.26 bits per heavy atom. The van der Waals surface area contributed by atoms with Crippen LogP contribution in [0.4, 0.5) is 5.69 Å². The first-order valence-electron chi connectivity index (χ1n) is 10.2. The molecule has 1 aliphatic carbocycles. The molecule has 5 nitrogen and oxygen atoms in total. The summed E-state index contributed by atoms with van der Waals surface area (Å²) < 4.78 is 6.19. The van der Waals surface area contributed by atoms with Crippen LogP contribution >= 0.6 is 0 Å². The Morgan fingerprint density at radius 3 is 2.81 bits per heavy atom. The number of nitrogens with one attached hydrogen (secondary N) is 1. The third kappa shape index (κ3) is 3.30. The quantitative estimate of drug-likeness (QED) is 0.856. The maximum absolute atomic E-state index is 6.19. The molecule has 3 aliphatic rings. The second-order valence-corrected chi connectivity index (χ2v) is 8.22. The lowest BCUT2D eigenvalue weighted by Crippen LogP contribution is -2.38. The van der Waals surface area contributed by atoms with Crippen molar-refractivity contribution in [2.45, 2.75) is 39.0 Å². The van der Waals surface area contributed by atoms with E-state index in [0.717, 1.165) is 74.0 Å². The fourth-order valence-electron chi connectivity index (χ4n) is 4.37. The standard InChI is InChI=1S/C22H28N4O/c1-14-2-5-18-17(12-14)21-22(27-18)20(16-3-4-16)24-19(25-21)13-15-6-9-26(10-7-15)11-8-23/h2,5,12,15H,3-4,6-11,13,23H2,1H3,(H,24,25). The number of anilines is 1. The zero-order chi connectivity index (χ0) is 18.4. The van der Waals surface area contributed by atoms with Gasteiger partial charge in [-0.25, -0.2) is 4.99 Å². The number of furan rings is 1. The summed E-state index contributed by atoms with van der Waals surface area (Å²) in [5, 5.41) is 4.81. The second-order valence-electron chi connectivity index (χ2n) is 8.22. The van der Waals surface area contributed by atoms with Gasteiger partial charge in [0.2, 0.25) is 0 Å². The zero-order valence-corrected chi connectivity index (χ0v) is 16.1. The minimum Gasteiger partial charge on any atom is -0.452 e. The smallest absolute Gasteiger partial charge is 0.177 e. The monoisotopic (exact) mass is 364 g/mol. The number of fused-ring (bicyclic) bond motifs is 3. The topological polar surface area (TPSA) is 66.8 Å². The first kappa shape index (κ1) is 17.0. The summed E-state index contributed by atoms with van der Waals surface area (Å²) in [7, 11) is 0. The Balaban J connectivity index is 1.40. The molecule has 0 amide bonds. The molecule has 1 aromatic heterocycles. The van der Waals surface area contributed by atoms with E-state index in [0.29, 0.717) is 5.92 Å². The summed E-state index contributed by atoms with van der Waals surface area (Å²) in [4.78, 5) is 7.49. The molecule has 1 aromatic carbocycles. The van der Waals surface area contributed by atoms with E-state index in [1.807, 2.05) is 0 Å². The number of amidine groups is 1. The SMILES string of the molecule is Cc1ccc2oc3c(c2c1)NC(CC1CCN(CCN)CC1)=NC3=C1CC1. The third-order valence-corrected chi connectivity index (χ3v) is 6.04. The number of piperidine rings is 1. The Morgan fingerprint density at radius 2 is 2.07 bits per heavy atom. The summed E-state index contributed by atoms with van der Waals surface area (Å²) in [5.74, 6) is 2.74. The van der Waals surface area contributed by atoms with Gasteiger partial charge in [0, 0.05) is 24.9 Å². The molecule has 2 aliphatic heterocycles. The van der Waals surface area contributed by atoms with Crippen molar-refractivity contribution < 1.29 is 4.42 Å². The van der Waals surface area contributed by atoms with E-state index in [1.54, 1.807) is 0 Å². The number of rotatable bonds is 4. The molecule has 2 fully saturated rings. The Hall–Kier alpha value is -2.11. The predicted molar refractivity (Wildman–Crippen MR) is 111 cm³/mol. The number of nitrogens with zero attached hydrogens (tertiary/aromatic N) is 2. The van der Waals surface area contributed by atoms with Gasteiger partial charge in [-0.2, -0.15) is 0 Å². The van der Waals surface area contributed by atoms with Crippen LogP contribution in [-0.2, 0) is 0 Å². The summed E-state index contributed by atoms with van der Waals surface area (Å²) in [5.41, 5.74) is 11.5. The summed E-state index contributed by atoms with van der Waals surface area (Å²) >= 11 is 0. The van der Waals surface area contributed by atoms with E-state index in [1.165, 1.54) is 29.4 Å². The number of allylic oxidation sites excluding steroid dienone is 1. The molecule has 27 heavy (non-hydrogen) atoms. The minimum atomic E-state index is 0.692. The molecule has 3 heterocycles. The molecular formula is C22H28N4O. The fraction of sp³-hybridized carbons (Fsp3) is 0.500. The molecule has 2 aromatic rings. The molecule has 0 radical (unpaired) electrons. The maximum Gasteiger partial charge on any atom is 0.177 e. The number of likely N-dealkylation sites (tertiary alicyclic amines) is 1. The number of hydrogen-bond donors (Lipinski definition) is 2. The second kappa shape index (κ2) is 6.80. The van der Waals surface area contributed by atoms with Crippen molar-refractivity contribution in [3.05, 3.63) is 35.1 Å². The van der Waals surface area contributed by atoms with E-state index in [4.69, 9.17) is 15.1 Å². The van der Waals surface area contributed by atoms with Crippen molar-refractivity contribution in [3.63, 3.8) is 0 Å². The largest absolute Gasteiger partial charge is 0.452 e. The van der Waals surface area contributed by atoms with E-state index in [9.17, 15) is 0 Å². The first-order valence-corrected chi connectivity index (χ1v) is 10.2. The van der Waals surface area contributed by atoms with Gasteiger partial charge < -0.3 is 20.4 Å². The summed E-state index contributed by atoms with van der Waals surface area (Å²) in [6.07, 6.45) is 5.78. The van der Waals surface area contributed by atoms with Gasteiger partial charge in [0.25, 0.3) is 0 Å². The van der Waals surface area contributed by atoms with Crippen molar-refractivity contribution in [2.24, 2.45) is 16.6 Å². The molecule has 0 spiro atoms. The van der Waals surface area contributed by atoms with Crippen LogP contribution in [0.2, 0.25) is 0 Å². The summed E-state index contributed by atoms with van der Waals surface area (Å²) in [6.45, 7) is 6.22. The average molecular weight is 364 g/mol. The van der Waals surface area contributed by atoms with E-state index >= 15 is 0 Å². The molecule has 5 heteroatoms. The zero-order valence-electron chi connectivity index (χ0n) is 16.1. The van der Waals surface area contributed by atoms with Crippen LogP contribution in [0.1, 0.15) is 43.4 Å². The fourth-order valence-corrected chi connectivity index (χ4v) is 4.37. The number of aryl methyl sites for hydroxylation is 1. The lowest BCUT2D eigenvalue weighted by Gasteiger charge is -2.32. The lowest BCUT2D eigenvalue weighted by atomic mass is 9.92. The Labute approximate surface area is 160 Å². The highest BCUT2D eigenvalue weighted by atomic mass is 16.3.